The molecule has 0 heterocycles. The van der Waals surface area contributed by atoms with Crippen molar-refractivity contribution in [2.24, 2.45) is 0 Å². The molecule has 76 valence electrons. The lowest BCUT2D eigenvalue weighted by Crippen LogP contribution is -2.03. The number of hydrogen-bond donors (Lipinski definition) is 0. The van der Waals surface area contributed by atoms with E-state index < -0.39 is 0 Å². The van der Waals surface area contributed by atoms with Crippen molar-refractivity contribution in [3.63, 3.8) is 0 Å². The van der Waals surface area contributed by atoms with Crippen molar-refractivity contribution in [1.82, 2.24) is 0 Å². The Labute approximate surface area is 84.9 Å². The zero-order chi connectivity index (χ0) is 10.4. The number of esters is 1. The van der Waals surface area contributed by atoms with E-state index in [-0.39, 0.29) is 5.97 Å². The normalized spacial score (nSPS) is 12.1. The van der Waals surface area contributed by atoms with Crippen LogP contribution in [0.2, 0.25) is 0 Å². The van der Waals surface area contributed by atoms with Gasteiger partial charge in [-0.1, -0.05) is 37.3 Å². The largest absolute Gasteiger partial charge is 0.469 e. The lowest BCUT2D eigenvalue weighted by molar-refractivity contribution is -0.140. The molecule has 0 saturated carbocycles. The van der Waals surface area contributed by atoms with Crippen LogP contribution in [-0.2, 0) is 9.53 Å². The molecule has 0 aliphatic rings. The highest BCUT2D eigenvalue weighted by Gasteiger charge is 2.07. The topological polar surface area (TPSA) is 26.3 Å². The smallest absolute Gasteiger partial charge is 0.305 e. The first-order chi connectivity index (χ1) is 6.74. The fourth-order valence-electron chi connectivity index (χ4n) is 1.38. The van der Waals surface area contributed by atoms with Crippen LogP contribution in [0.4, 0.5) is 0 Å². The van der Waals surface area contributed by atoms with E-state index >= 15 is 0 Å². The predicted octanol–water partition coefficient (Wildman–Crippen LogP) is 2.74. The number of ether oxygens (including phenoxy) is 1. The minimum absolute atomic E-state index is 0.132. The first-order valence-corrected chi connectivity index (χ1v) is 4.86. The summed E-state index contributed by atoms with van der Waals surface area (Å²) in [6.07, 6.45) is 1.34. The third kappa shape index (κ3) is 3.21. The quantitative estimate of drug-likeness (QED) is 0.686. The van der Waals surface area contributed by atoms with Gasteiger partial charge in [0.25, 0.3) is 0 Å². The average molecular weight is 192 g/mol. The van der Waals surface area contributed by atoms with Crippen molar-refractivity contribution < 1.29 is 9.53 Å². The summed E-state index contributed by atoms with van der Waals surface area (Å²) in [5, 5.41) is 0. The van der Waals surface area contributed by atoms with E-state index in [1.807, 2.05) is 18.2 Å². The Morgan fingerprint density at radius 3 is 2.57 bits per heavy atom. The molecule has 1 aromatic carbocycles. The Bertz CT molecular complexity index is 280. The van der Waals surface area contributed by atoms with E-state index in [0.717, 1.165) is 6.42 Å². The van der Waals surface area contributed by atoms with E-state index in [2.05, 4.69) is 23.8 Å². The minimum Gasteiger partial charge on any atom is -0.469 e. The monoisotopic (exact) mass is 192 g/mol. The molecule has 0 aliphatic carbocycles. The van der Waals surface area contributed by atoms with Crippen molar-refractivity contribution in [2.45, 2.75) is 25.7 Å². The highest BCUT2D eigenvalue weighted by Crippen LogP contribution is 2.19. The molecule has 0 spiro atoms. The predicted molar refractivity (Wildman–Crippen MR) is 56.1 cm³/mol. The number of rotatable bonds is 4. The van der Waals surface area contributed by atoms with Gasteiger partial charge in [-0.3, -0.25) is 4.79 Å². The zero-order valence-corrected chi connectivity index (χ0v) is 8.69. The SMILES string of the molecule is COC(=O)CC[C@H](C)c1ccccc1. The molecule has 1 aromatic rings. The summed E-state index contributed by atoms with van der Waals surface area (Å²) >= 11 is 0. The fourth-order valence-corrected chi connectivity index (χ4v) is 1.38. The summed E-state index contributed by atoms with van der Waals surface area (Å²) in [5.74, 6) is 0.281. The third-order valence-corrected chi connectivity index (χ3v) is 2.38. The first-order valence-electron chi connectivity index (χ1n) is 4.86. The van der Waals surface area contributed by atoms with Gasteiger partial charge in [-0.05, 0) is 17.9 Å². The Balaban J connectivity index is 2.43. The maximum Gasteiger partial charge on any atom is 0.305 e. The van der Waals surface area contributed by atoms with Crippen molar-refractivity contribution in [3.8, 4) is 0 Å². The standard InChI is InChI=1S/C12H16O2/c1-10(8-9-12(13)14-2)11-6-4-3-5-7-11/h3-7,10H,8-9H2,1-2H3/t10-/m0/s1. The van der Waals surface area contributed by atoms with Crippen LogP contribution in [0.15, 0.2) is 30.3 Å². The molecule has 2 heteroatoms. The van der Waals surface area contributed by atoms with Crippen molar-refractivity contribution in [1.29, 1.82) is 0 Å². The highest BCUT2D eigenvalue weighted by atomic mass is 16.5. The summed E-state index contributed by atoms with van der Waals surface area (Å²) in [6.45, 7) is 2.12. The van der Waals surface area contributed by atoms with Gasteiger partial charge in [0.1, 0.15) is 0 Å². The van der Waals surface area contributed by atoms with Gasteiger partial charge in [0.05, 0.1) is 7.11 Å². The van der Waals surface area contributed by atoms with Gasteiger partial charge in [0, 0.05) is 6.42 Å². The number of carbonyl (C=O) groups is 1. The second-order valence-electron chi connectivity index (χ2n) is 3.43. The second-order valence-corrected chi connectivity index (χ2v) is 3.43. The Morgan fingerprint density at radius 2 is 2.00 bits per heavy atom. The molecule has 1 rings (SSSR count). The van der Waals surface area contributed by atoms with E-state index in [1.165, 1.54) is 12.7 Å². The van der Waals surface area contributed by atoms with Crippen LogP contribution < -0.4 is 0 Å². The molecule has 0 bridgehead atoms. The van der Waals surface area contributed by atoms with Crippen molar-refractivity contribution in [2.75, 3.05) is 7.11 Å². The molecule has 0 N–H and O–H groups in total. The molecule has 2 nitrogen and oxygen atoms in total. The zero-order valence-electron chi connectivity index (χ0n) is 8.69. The van der Waals surface area contributed by atoms with Crippen LogP contribution >= 0.6 is 0 Å². The summed E-state index contributed by atoms with van der Waals surface area (Å²) in [5.41, 5.74) is 1.27. The van der Waals surface area contributed by atoms with E-state index in [0.29, 0.717) is 12.3 Å². The van der Waals surface area contributed by atoms with Crippen LogP contribution in [0.3, 0.4) is 0 Å². The van der Waals surface area contributed by atoms with Gasteiger partial charge in [0.15, 0.2) is 0 Å². The maximum atomic E-state index is 10.9. The molecule has 1 atom stereocenters. The van der Waals surface area contributed by atoms with Gasteiger partial charge >= 0.3 is 5.97 Å². The van der Waals surface area contributed by atoms with Crippen molar-refractivity contribution in [3.05, 3.63) is 35.9 Å². The molecule has 0 amide bonds. The summed E-state index contributed by atoms with van der Waals surface area (Å²) in [4.78, 5) is 10.9. The molecule has 14 heavy (non-hydrogen) atoms. The van der Waals surface area contributed by atoms with E-state index in [4.69, 9.17) is 0 Å². The molecular weight excluding hydrogens is 176 g/mol. The van der Waals surface area contributed by atoms with Gasteiger partial charge in [-0.25, -0.2) is 0 Å². The first kappa shape index (κ1) is 10.8. The number of carbonyl (C=O) groups excluding carboxylic acids is 1. The molecule has 0 fully saturated rings. The molecular formula is C12H16O2. The second kappa shape index (κ2) is 5.43. The van der Waals surface area contributed by atoms with Gasteiger partial charge < -0.3 is 4.74 Å². The van der Waals surface area contributed by atoms with Crippen LogP contribution in [0.25, 0.3) is 0 Å². The van der Waals surface area contributed by atoms with Crippen LogP contribution in [0, 0.1) is 0 Å². The molecule has 0 radical (unpaired) electrons. The lowest BCUT2D eigenvalue weighted by atomic mass is 9.96. The molecule has 0 saturated heterocycles. The van der Waals surface area contributed by atoms with Crippen molar-refractivity contribution >= 4 is 5.97 Å². The number of methoxy groups -OCH3 is 1. The number of hydrogen-bond acceptors (Lipinski definition) is 2. The van der Waals surface area contributed by atoms with Crippen LogP contribution in [0.5, 0.6) is 0 Å². The highest BCUT2D eigenvalue weighted by molar-refractivity contribution is 5.69. The van der Waals surface area contributed by atoms with E-state index in [1.54, 1.807) is 0 Å². The van der Waals surface area contributed by atoms with E-state index in [9.17, 15) is 4.79 Å². The van der Waals surface area contributed by atoms with Crippen LogP contribution in [0.1, 0.15) is 31.2 Å². The Kier molecular flexibility index (Phi) is 4.17. The molecule has 0 unspecified atom stereocenters. The Morgan fingerprint density at radius 1 is 1.36 bits per heavy atom. The average Bonchev–Trinajstić information content (AvgIpc) is 2.26. The fraction of sp³-hybridized carbons (Fsp3) is 0.417. The summed E-state index contributed by atoms with van der Waals surface area (Å²) in [6, 6.07) is 10.2. The van der Waals surface area contributed by atoms with Crippen LogP contribution in [-0.4, -0.2) is 13.1 Å². The third-order valence-electron chi connectivity index (χ3n) is 2.38. The van der Waals surface area contributed by atoms with Gasteiger partial charge in [-0.2, -0.15) is 0 Å². The van der Waals surface area contributed by atoms with Gasteiger partial charge in [0.2, 0.25) is 0 Å². The molecule has 0 aromatic heterocycles. The summed E-state index contributed by atoms with van der Waals surface area (Å²) < 4.78 is 4.60. The number of benzene rings is 1. The lowest BCUT2D eigenvalue weighted by Gasteiger charge is -2.10. The molecule has 0 aliphatic heterocycles. The minimum atomic E-state index is -0.132. The summed E-state index contributed by atoms with van der Waals surface area (Å²) in [7, 11) is 1.43. The Hall–Kier alpha value is -1.31. The van der Waals surface area contributed by atoms with Gasteiger partial charge in [-0.15, -0.1) is 0 Å². The maximum absolute atomic E-state index is 10.9.